The minimum Gasteiger partial charge on any atom is -0.493 e. The standard InChI is InChI=1S/C21H20F2N2O6/c1-20(13-26)11-21(22,23)12-24(20)19(27)15-8-17(30-2)18(9-16(15)25(28)29)31-10-14-6-4-3-5-7-14/h3-9,13H,10-12H2,1-2H3/t20-/m0/s1. The van der Waals surface area contributed by atoms with Gasteiger partial charge in [0.05, 0.1) is 24.6 Å². The Morgan fingerprint density at radius 2 is 1.94 bits per heavy atom. The number of hydrogen-bond acceptors (Lipinski definition) is 6. The summed E-state index contributed by atoms with van der Waals surface area (Å²) in [6.45, 7) is 0.259. The number of amides is 1. The van der Waals surface area contributed by atoms with E-state index < -0.39 is 46.5 Å². The van der Waals surface area contributed by atoms with Crippen molar-refractivity contribution >= 4 is 17.9 Å². The minimum atomic E-state index is -3.29. The van der Waals surface area contributed by atoms with Crippen molar-refractivity contribution in [3.8, 4) is 11.5 Å². The van der Waals surface area contributed by atoms with Gasteiger partial charge in [-0.05, 0) is 12.5 Å². The van der Waals surface area contributed by atoms with Gasteiger partial charge in [0.2, 0.25) is 0 Å². The Labute approximate surface area is 176 Å². The zero-order valence-corrected chi connectivity index (χ0v) is 16.8. The number of aldehydes is 1. The van der Waals surface area contributed by atoms with E-state index >= 15 is 0 Å². The number of nitrogens with zero attached hydrogens (tertiary/aromatic N) is 2. The third kappa shape index (κ3) is 4.47. The Bertz CT molecular complexity index is 1010. The van der Waals surface area contributed by atoms with E-state index in [0.717, 1.165) is 17.7 Å². The number of benzene rings is 2. The average molecular weight is 434 g/mol. The lowest BCUT2D eigenvalue weighted by molar-refractivity contribution is -0.385. The molecule has 1 atom stereocenters. The lowest BCUT2D eigenvalue weighted by atomic mass is 9.99. The highest BCUT2D eigenvalue weighted by atomic mass is 19.3. The third-order valence-corrected chi connectivity index (χ3v) is 5.07. The Kier molecular flexibility index (Phi) is 5.92. The fraction of sp³-hybridized carbons (Fsp3) is 0.333. The van der Waals surface area contributed by atoms with Crippen LogP contribution >= 0.6 is 0 Å². The van der Waals surface area contributed by atoms with Gasteiger partial charge < -0.3 is 19.2 Å². The molecule has 0 radical (unpaired) electrons. The number of likely N-dealkylation sites (tertiary alicyclic amines) is 1. The molecule has 0 aliphatic carbocycles. The van der Waals surface area contributed by atoms with Crippen molar-refractivity contribution in [1.29, 1.82) is 0 Å². The van der Waals surface area contributed by atoms with Crippen LogP contribution in [0.2, 0.25) is 0 Å². The molecule has 1 aliphatic heterocycles. The van der Waals surface area contributed by atoms with Crippen molar-refractivity contribution in [3.05, 3.63) is 63.7 Å². The Morgan fingerprint density at radius 3 is 2.52 bits per heavy atom. The molecule has 0 saturated carbocycles. The van der Waals surface area contributed by atoms with Crippen LogP contribution in [0.3, 0.4) is 0 Å². The van der Waals surface area contributed by atoms with Crippen LogP contribution in [0.25, 0.3) is 0 Å². The highest BCUT2D eigenvalue weighted by Crippen LogP contribution is 2.42. The summed E-state index contributed by atoms with van der Waals surface area (Å²) in [6, 6.07) is 11.1. The zero-order chi connectivity index (χ0) is 22.8. The van der Waals surface area contributed by atoms with Gasteiger partial charge in [-0.2, -0.15) is 0 Å². The lowest BCUT2D eigenvalue weighted by Crippen LogP contribution is -2.46. The molecule has 164 valence electrons. The quantitative estimate of drug-likeness (QED) is 0.375. The number of nitro benzene ring substituents is 1. The highest BCUT2D eigenvalue weighted by molar-refractivity contribution is 6.01. The summed E-state index contributed by atoms with van der Waals surface area (Å²) >= 11 is 0. The van der Waals surface area contributed by atoms with E-state index in [9.17, 15) is 28.5 Å². The second-order valence-electron chi connectivity index (χ2n) is 7.45. The van der Waals surface area contributed by atoms with Crippen LogP contribution in [0.5, 0.6) is 11.5 Å². The van der Waals surface area contributed by atoms with Crippen molar-refractivity contribution in [1.82, 2.24) is 4.90 Å². The molecule has 0 aromatic heterocycles. The van der Waals surface area contributed by atoms with Gasteiger partial charge in [0.15, 0.2) is 11.5 Å². The maximum Gasteiger partial charge on any atom is 0.286 e. The first kappa shape index (κ1) is 22.1. The second kappa shape index (κ2) is 8.29. The zero-order valence-electron chi connectivity index (χ0n) is 16.8. The highest BCUT2D eigenvalue weighted by Gasteiger charge is 2.55. The Morgan fingerprint density at radius 1 is 1.26 bits per heavy atom. The largest absolute Gasteiger partial charge is 0.493 e. The maximum atomic E-state index is 14.0. The van der Waals surface area contributed by atoms with Crippen molar-refractivity contribution in [3.63, 3.8) is 0 Å². The van der Waals surface area contributed by atoms with Crippen molar-refractivity contribution < 1.29 is 32.8 Å². The van der Waals surface area contributed by atoms with Crippen LogP contribution < -0.4 is 9.47 Å². The fourth-order valence-electron chi connectivity index (χ4n) is 3.52. The molecular formula is C21H20F2N2O6. The normalized spacial score (nSPS) is 19.7. The number of ether oxygens (including phenoxy) is 2. The predicted molar refractivity (Wildman–Crippen MR) is 105 cm³/mol. The summed E-state index contributed by atoms with van der Waals surface area (Å²) in [5.41, 5.74) is -2.10. The van der Waals surface area contributed by atoms with Gasteiger partial charge in [-0.25, -0.2) is 8.78 Å². The van der Waals surface area contributed by atoms with E-state index in [-0.39, 0.29) is 24.4 Å². The van der Waals surface area contributed by atoms with Crippen LogP contribution in [0.15, 0.2) is 42.5 Å². The van der Waals surface area contributed by atoms with Crippen LogP contribution in [-0.4, -0.2) is 47.1 Å². The molecule has 0 unspecified atom stereocenters. The van der Waals surface area contributed by atoms with Gasteiger partial charge in [0, 0.05) is 12.5 Å². The molecule has 1 aliphatic rings. The first-order chi connectivity index (χ1) is 14.6. The van der Waals surface area contributed by atoms with E-state index in [4.69, 9.17) is 9.47 Å². The molecule has 0 N–H and O–H groups in total. The molecular weight excluding hydrogens is 414 g/mol. The summed E-state index contributed by atoms with van der Waals surface area (Å²) in [5, 5.41) is 11.6. The van der Waals surface area contributed by atoms with Crippen LogP contribution in [-0.2, 0) is 11.4 Å². The molecule has 2 aromatic carbocycles. The molecule has 1 saturated heterocycles. The summed E-state index contributed by atoms with van der Waals surface area (Å²) in [6.07, 6.45) is -0.606. The number of nitro groups is 1. The van der Waals surface area contributed by atoms with Gasteiger partial charge >= 0.3 is 0 Å². The van der Waals surface area contributed by atoms with Gasteiger partial charge in [-0.1, -0.05) is 30.3 Å². The number of alkyl halides is 2. The first-order valence-corrected chi connectivity index (χ1v) is 9.29. The molecule has 3 rings (SSSR count). The summed E-state index contributed by atoms with van der Waals surface area (Å²) in [7, 11) is 1.28. The molecule has 0 spiro atoms. The number of hydrogen-bond donors (Lipinski definition) is 0. The SMILES string of the molecule is COc1cc(C(=O)N2CC(F)(F)C[C@@]2(C)C=O)c([N+](=O)[O-])cc1OCc1ccccc1. The summed E-state index contributed by atoms with van der Waals surface area (Å²) in [5.74, 6) is -4.32. The molecule has 1 heterocycles. The summed E-state index contributed by atoms with van der Waals surface area (Å²) < 4.78 is 38.7. The molecule has 10 heteroatoms. The van der Waals surface area contributed by atoms with Crippen LogP contribution in [0.1, 0.15) is 29.3 Å². The molecule has 0 bridgehead atoms. The average Bonchev–Trinajstić information content (AvgIpc) is 3.01. The van der Waals surface area contributed by atoms with Crippen molar-refractivity contribution in [2.75, 3.05) is 13.7 Å². The van der Waals surface area contributed by atoms with E-state index in [0.29, 0.717) is 4.90 Å². The topological polar surface area (TPSA) is 99.0 Å². The lowest BCUT2D eigenvalue weighted by Gasteiger charge is -2.29. The van der Waals surface area contributed by atoms with Gasteiger partial charge in [-0.3, -0.25) is 14.9 Å². The van der Waals surface area contributed by atoms with E-state index in [1.54, 1.807) is 24.3 Å². The van der Waals surface area contributed by atoms with Crippen molar-refractivity contribution in [2.24, 2.45) is 0 Å². The maximum absolute atomic E-state index is 14.0. The van der Waals surface area contributed by atoms with Gasteiger partial charge in [0.1, 0.15) is 24.0 Å². The molecule has 2 aromatic rings. The first-order valence-electron chi connectivity index (χ1n) is 9.29. The molecule has 1 fully saturated rings. The smallest absolute Gasteiger partial charge is 0.286 e. The second-order valence-corrected chi connectivity index (χ2v) is 7.45. The third-order valence-electron chi connectivity index (χ3n) is 5.07. The Balaban J connectivity index is 1.99. The molecule has 8 nitrogen and oxygen atoms in total. The van der Waals surface area contributed by atoms with Gasteiger partial charge in [-0.15, -0.1) is 0 Å². The van der Waals surface area contributed by atoms with E-state index in [2.05, 4.69) is 0 Å². The van der Waals surface area contributed by atoms with E-state index in [1.165, 1.54) is 14.0 Å². The summed E-state index contributed by atoms with van der Waals surface area (Å²) in [4.78, 5) is 36.0. The number of carbonyl (C=O) groups excluding carboxylic acids is 2. The molecule has 31 heavy (non-hydrogen) atoms. The predicted octanol–water partition coefficient (Wildman–Crippen LogP) is 3.62. The number of carbonyl (C=O) groups is 2. The number of rotatable bonds is 7. The van der Waals surface area contributed by atoms with Crippen LogP contribution in [0.4, 0.5) is 14.5 Å². The van der Waals surface area contributed by atoms with E-state index in [1.807, 2.05) is 6.07 Å². The van der Waals surface area contributed by atoms with Crippen LogP contribution in [0, 0.1) is 10.1 Å². The number of halogens is 2. The fourth-order valence-corrected chi connectivity index (χ4v) is 3.52. The Hall–Kier alpha value is -3.56. The monoisotopic (exact) mass is 434 g/mol. The minimum absolute atomic E-state index is 0.0134. The van der Waals surface area contributed by atoms with Gasteiger partial charge in [0.25, 0.3) is 17.5 Å². The van der Waals surface area contributed by atoms with Crippen molar-refractivity contribution in [2.45, 2.75) is 31.4 Å². The molecule has 1 amide bonds. The number of methoxy groups -OCH3 is 1.